The van der Waals surface area contributed by atoms with Gasteiger partial charge in [-0.1, -0.05) is 36.4 Å². The van der Waals surface area contributed by atoms with Gasteiger partial charge in [0.05, 0.1) is 15.9 Å². The second-order valence-electron chi connectivity index (χ2n) is 7.38. The molecule has 0 spiro atoms. The van der Waals surface area contributed by atoms with E-state index >= 15 is 0 Å². The molecule has 2 atom stereocenters. The number of H-pyrrole nitrogens is 1. The van der Waals surface area contributed by atoms with Crippen LogP contribution in [0.15, 0.2) is 71.6 Å². The van der Waals surface area contributed by atoms with Crippen molar-refractivity contribution in [3.8, 4) is 11.4 Å². The highest BCUT2D eigenvalue weighted by atomic mass is 32.2. The molecule has 1 aliphatic carbocycles. The molecular weight excluding hydrogens is 396 g/mol. The first-order valence-corrected chi connectivity index (χ1v) is 10.9. The van der Waals surface area contributed by atoms with E-state index in [0.29, 0.717) is 11.4 Å². The molecule has 0 aliphatic heterocycles. The van der Waals surface area contributed by atoms with Crippen LogP contribution in [0.5, 0.6) is 0 Å². The molecule has 1 aliphatic rings. The van der Waals surface area contributed by atoms with Crippen molar-refractivity contribution in [1.29, 1.82) is 0 Å². The minimum absolute atomic E-state index is 0.108. The summed E-state index contributed by atoms with van der Waals surface area (Å²) < 4.78 is 16.1. The molecule has 4 N–H and O–H groups in total. The maximum absolute atomic E-state index is 12.8. The SMILES string of the molecule is NC(=O)c1ccc2nc(-c3ccc(S(=O)NC4CCc5ccccc54)cc3)[nH]c2c1. The Labute approximate surface area is 176 Å². The molecule has 6 nitrogen and oxygen atoms in total. The summed E-state index contributed by atoms with van der Waals surface area (Å²) in [4.78, 5) is 19.9. The summed E-state index contributed by atoms with van der Waals surface area (Å²) in [7, 11) is -1.30. The van der Waals surface area contributed by atoms with Gasteiger partial charge < -0.3 is 10.7 Å². The van der Waals surface area contributed by atoms with Crippen molar-refractivity contribution in [2.24, 2.45) is 5.73 Å². The predicted octanol–water partition coefficient (Wildman–Crippen LogP) is 3.63. The number of hydrogen-bond acceptors (Lipinski definition) is 3. The van der Waals surface area contributed by atoms with Crippen molar-refractivity contribution >= 4 is 27.9 Å². The van der Waals surface area contributed by atoms with E-state index in [0.717, 1.165) is 34.3 Å². The molecule has 2 unspecified atom stereocenters. The number of carbonyl (C=O) groups excluding carboxylic acids is 1. The first-order chi connectivity index (χ1) is 14.6. The molecule has 1 heterocycles. The number of nitrogens with zero attached hydrogens (tertiary/aromatic N) is 1. The number of hydrogen-bond donors (Lipinski definition) is 3. The standard InChI is InChI=1S/C23H20N4O2S/c24-22(28)16-8-12-20-21(13-16)26-23(25-20)15-5-9-17(10-6-15)30(29)27-19-11-7-14-3-1-2-4-18(14)19/h1-6,8-10,12-13,19,27H,7,11H2,(H2,24,28)(H,25,26). The third-order valence-corrected chi connectivity index (χ3v) is 6.69. The number of aromatic amines is 1. The van der Waals surface area contributed by atoms with Crippen LogP contribution >= 0.6 is 0 Å². The van der Waals surface area contributed by atoms with E-state index in [-0.39, 0.29) is 6.04 Å². The summed E-state index contributed by atoms with van der Waals surface area (Å²) in [5.74, 6) is 0.207. The number of rotatable bonds is 5. The molecule has 4 aromatic rings. The number of primary amides is 1. The molecule has 30 heavy (non-hydrogen) atoms. The summed E-state index contributed by atoms with van der Waals surface area (Å²) in [6, 6.07) is 21.0. The molecule has 0 fully saturated rings. The fourth-order valence-electron chi connectivity index (χ4n) is 3.91. The minimum atomic E-state index is -1.30. The van der Waals surface area contributed by atoms with Crippen LogP contribution in [0.25, 0.3) is 22.4 Å². The van der Waals surface area contributed by atoms with Gasteiger partial charge in [-0.15, -0.1) is 0 Å². The van der Waals surface area contributed by atoms with E-state index < -0.39 is 16.9 Å². The zero-order chi connectivity index (χ0) is 20.7. The number of nitrogens with two attached hydrogens (primary N) is 1. The van der Waals surface area contributed by atoms with Gasteiger partial charge in [-0.25, -0.2) is 13.9 Å². The van der Waals surface area contributed by atoms with Crippen molar-refractivity contribution in [3.05, 3.63) is 83.4 Å². The number of aryl methyl sites for hydroxylation is 1. The Hall–Kier alpha value is -3.29. The second kappa shape index (κ2) is 7.51. The number of aromatic nitrogens is 2. The molecule has 0 bridgehead atoms. The topological polar surface area (TPSA) is 101 Å². The van der Waals surface area contributed by atoms with Crippen LogP contribution in [0.1, 0.15) is 33.9 Å². The number of amides is 1. The van der Waals surface area contributed by atoms with Gasteiger partial charge in [0.25, 0.3) is 0 Å². The largest absolute Gasteiger partial charge is 0.366 e. The number of carbonyl (C=O) groups is 1. The van der Waals surface area contributed by atoms with Gasteiger partial charge in [0, 0.05) is 17.2 Å². The summed E-state index contributed by atoms with van der Waals surface area (Å²) in [5, 5.41) is 0. The van der Waals surface area contributed by atoms with E-state index in [1.165, 1.54) is 11.1 Å². The molecule has 5 rings (SSSR count). The van der Waals surface area contributed by atoms with E-state index in [2.05, 4.69) is 26.8 Å². The first-order valence-electron chi connectivity index (χ1n) is 9.74. The molecule has 0 saturated heterocycles. The molecule has 7 heteroatoms. The number of nitrogens with one attached hydrogen (secondary N) is 2. The van der Waals surface area contributed by atoms with Crippen LogP contribution in [0.4, 0.5) is 0 Å². The van der Waals surface area contributed by atoms with Crippen molar-refractivity contribution in [3.63, 3.8) is 0 Å². The van der Waals surface area contributed by atoms with Crippen LogP contribution in [-0.4, -0.2) is 20.1 Å². The molecule has 0 saturated carbocycles. The van der Waals surface area contributed by atoms with Crippen molar-refractivity contribution in [1.82, 2.24) is 14.7 Å². The smallest absolute Gasteiger partial charge is 0.248 e. The lowest BCUT2D eigenvalue weighted by Crippen LogP contribution is -2.21. The van der Waals surface area contributed by atoms with Gasteiger partial charge in [-0.05, 0) is 54.3 Å². The van der Waals surface area contributed by atoms with Crippen LogP contribution in [0.2, 0.25) is 0 Å². The van der Waals surface area contributed by atoms with Gasteiger partial charge in [0.15, 0.2) is 0 Å². The zero-order valence-corrected chi connectivity index (χ0v) is 16.9. The zero-order valence-electron chi connectivity index (χ0n) is 16.1. The highest BCUT2D eigenvalue weighted by Gasteiger charge is 2.23. The Balaban J connectivity index is 1.35. The average Bonchev–Trinajstić information content (AvgIpc) is 3.37. The van der Waals surface area contributed by atoms with E-state index in [1.54, 1.807) is 18.2 Å². The van der Waals surface area contributed by atoms with Gasteiger partial charge in [-0.3, -0.25) is 4.79 Å². The summed E-state index contributed by atoms with van der Waals surface area (Å²) in [6.07, 6.45) is 1.96. The Morgan fingerprint density at radius 1 is 1.10 bits per heavy atom. The fraction of sp³-hybridized carbons (Fsp3) is 0.130. The average molecular weight is 417 g/mol. The summed E-state index contributed by atoms with van der Waals surface area (Å²) in [5.41, 5.74) is 10.7. The molecule has 0 radical (unpaired) electrons. The normalized spacial score (nSPS) is 16.5. The van der Waals surface area contributed by atoms with Crippen LogP contribution in [0.3, 0.4) is 0 Å². The van der Waals surface area contributed by atoms with Crippen LogP contribution < -0.4 is 10.5 Å². The minimum Gasteiger partial charge on any atom is -0.366 e. The van der Waals surface area contributed by atoms with Gasteiger partial charge in [-0.2, -0.15) is 0 Å². The van der Waals surface area contributed by atoms with Gasteiger partial charge in [0.1, 0.15) is 16.8 Å². The maximum atomic E-state index is 12.8. The van der Waals surface area contributed by atoms with Crippen LogP contribution in [0, 0.1) is 0 Å². The van der Waals surface area contributed by atoms with Crippen molar-refractivity contribution < 1.29 is 9.00 Å². The quantitative estimate of drug-likeness (QED) is 0.463. The Morgan fingerprint density at radius 3 is 2.70 bits per heavy atom. The second-order valence-corrected chi connectivity index (χ2v) is 8.63. The molecular formula is C23H20N4O2S. The summed E-state index contributed by atoms with van der Waals surface area (Å²) >= 11 is 0. The number of fused-ring (bicyclic) bond motifs is 2. The molecule has 1 amide bonds. The molecule has 3 aromatic carbocycles. The van der Waals surface area contributed by atoms with E-state index in [9.17, 15) is 9.00 Å². The number of benzene rings is 3. The van der Waals surface area contributed by atoms with Gasteiger partial charge >= 0.3 is 0 Å². The highest BCUT2D eigenvalue weighted by molar-refractivity contribution is 7.83. The van der Waals surface area contributed by atoms with Crippen LogP contribution in [-0.2, 0) is 17.4 Å². The van der Waals surface area contributed by atoms with Crippen molar-refractivity contribution in [2.45, 2.75) is 23.8 Å². The molecule has 1 aromatic heterocycles. The van der Waals surface area contributed by atoms with Crippen molar-refractivity contribution in [2.75, 3.05) is 0 Å². The summed E-state index contributed by atoms with van der Waals surface area (Å²) in [6.45, 7) is 0. The van der Waals surface area contributed by atoms with E-state index in [4.69, 9.17) is 5.73 Å². The third-order valence-electron chi connectivity index (χ3n) is 5.49. The predicted molar refractivity (Wildman–Crippen MR) is 117 cm³/mol. The first kappa shape index (κ1) is 18.7. The Kier molecular flexibility index (Phi) is 4.69. The third kappa shape index (κ3) is 3.42. The lowest BCUT2D eigenvalue weighted by Gasteiger charge is -2.13. The number of imidazole rings is 1. The van der Waals surface area contributed by atoms with E-state index in [1.807, 2.05) is 36.4 Å². The molecule has 150 valence electrons. The highest BCUT2D eigenvalue weighted by Crippen LogP contribution is 2.31. The Bertz CT molecular complexity index is 1280. The fourth-order valence-corrected chi connectivity index (χ4v) is 4.94. The monoisotopic (exact) mass is 416 g/mol. The van der Waals surface area contributed by atoms with Gasteiger partial charge in [0.2, 0.25) is 5.91 Å². The Morgan fingerprint density at radius 2 is 1.90 bits per heavy atom. The maximum Gasteiger partial charge on any atom is 0.248 e. The lowest BCUT2D eigenvalue weighted by atomic mass is 10.1. The lowest BCUT2D eigenvalue weighted by molar-refractivity contribution is 0.100.